The third kappa shape index (κ3) is 5.44. The number of hydrogen-bond donors (Lipinski definition) is 0. The minimum Gasteiger partial charge on any atom is -0.231 e. The van der Waals surface area contributed by atoms with E-state index in [-0.39, 0.29) is 0 Å². The summed E-state index contributed by atoms with van der Waals surface area (Å²) in [5.74, 6) is 0. The monoisotopic (exact) mass is 180 g/mol. The van der Waals surface area contributed by atoms with E-state index in [4.69, 9.17) is 10.8 Å². The van der Waals surface area contributed by atoms with Crippen molar-refractivity contribution in [2.75, 3.05) is 0 Å². The molecule has 0 amide bonds. The van der Waals surface area contributed by atoms with Gasteiger partial charge >= 0.3 is 6.18 Å². The maximum absolute atomic E-state index is 11.2. The second-order valence-corrected chi connectivity index (χ2v) is 1.28. The van der Waals surface area contributed by atoms with E-state index in [1.54, 1.807) is 0 Å². The van der Waals surface area contributed by atoms with Crippen LogP contribution in [0.25, 0.3) is 0 Å². The fourth-order valence-corrected chi connectivity index (χ4v) is 0.143. The molecule has 2 nitrogen and oxygen atoms in total. The van der Waals surface area contributed by atoms with Crippen LogP contribution in [0, 0.1) is 10.8 Å². The minimum atomic E-state index is -5.44. The Balaban J connectivity index is 0. The van der Waals surface area contributed by atoms with Gasteiger partial charge in [0.1, 0.15) is 0 Å². The largest absolute Gasteiger partial charge is 0.425 e. The van der Waals surface area contributed by atoms with E-state index >= 15 is 0 Å². The van der Waals surface area contributed by atoms with Crippen molar-refractivity contribution in [2.24, 2.45) is 0 Å². The molecule has 0 aliphatic heterocycles. The van der Waals surface area contributed by atoms with Crippen LogP contribution in [0.3, 0.4) is 0 Å². The summed E-state index contributed by atoms with van der Waals surface area (Å²) in [5, 5.41) is 12.0. The average Bonchev–Trinajstić information content (AvgIpc) is 1.89. The molecule has 1 atom stereocenters. The molecule has 66 valence electrons. The van der Waals surface area contributed by atoms with Crippen molar-refractivity contribution in [2.45, 2.75) is 18.8 Å². The molecule has 0 aromatic rings. The van der Waals surface area contributed by atoms with Crippen LogP contribution in [-0.2, 0) is 0 Å². The maximum Gasteiger partial charge on any atom is 0.425 e. The van der Waals surface area contributed by atoms with Gasteiger partial charge < -0.3 is 0 Å². The lowest BCUT2D eigenvalue weighted by Crippen LogP contribution is -2.30. The smallest absolute Gasteiger partial charge is 0.231 e. The summed E-state index contributed by atoms with van der Waals surface area (Å²) in [5.41, 5.74) is 0. The van der Waals surface area contributed by atoms with E-state index in [2.05, 4.69) is 0 Å². The second kappa shape index (κ2) is 4.76. The Hall–Kier alpha value is -1.00. The number of halogens is 6. The van der Waals surface area contributed by atoms with Gasteiger partial charge in [-0.25, -0.2) is 13.2 Å². The molecule has 0 aliphatic rings. The molecule has 11 heavy (non-hydrogen) atoms. The predicted octanol–water partition coefficient (Wildman–Crippen LogP) is 2.18. The van der Waals surface area contributed by atoms with Gasteiger partial charge in [-0.2, -0.15) is 13.2 Å². The third-order valence-corrected chi connectivity index (χ3v) is 0.534. The summed E-state index contributed by atoms with van der Waals surface area (Å²) in [7, 11) is 0. The molecular weight excluding hydrogens is 178 g/mol. The SMILES string of the molecule is FC(F)C(F)C(F)(F)F.N#N. The topological polar surface area (TPSA) is 47.6 Å². The standard InChI is InChI=1S/C3H2F6.N2/c4-1(2(5)6)3(7,8)9;1-2/h1-2H;. The Kier molecular flexibility index (Phi) is 5.48. The number of alkyl halides is 6. The predicted molar refractivity (Wildman–Crippen MR) is 20.4 cm³/mol. The Labute approximate surface area is 57.2 Å². The van der Waals surface area contributed by atoms with Crippen LogP contribution < -0.4 is 0 Å². The van der Waals surface area contributed by atoms with Crippen LogP contribution in [0.2, 0.25) is 0 Å². The van der Waals surface area contributed by atoms with Gasteiger partial charge in [0.05, 0.1) is 0 Å². The first-order valence-electron chi connectivity index (χ1n) is 2.04. The van der Waals surface area contributed by atoms with Gasteiger partial charge in [0.15, 0.2) is 0 Å². The first-order valence-corrected chi connectivity index (χ1v) is 2.04. The molecule has 0 heterocycles. The molecule has 0 radical (unpaired) electrons. The van der Waals surface area contributed by atoms with Crippen molar-refractivity contribution in [3.63, 3.8) is 0 Å². The van der Waals surface area contributed by atoms with E-state index in [9.17, 15) is 26.3 Å². The molecule has 0 aliphatic carbocycles. The van der Waals surface area contributed by atoms with Gasteiger partial charge in [0.25, 0.3) is 12.6 Å². The fraction of sp³-hybridized carbons (Fsp3) is 1.00. The number of hydrogen-bond acceptors (Lipinski definition) is 2. The highest BCUT2D eigenvalue weighted by molar-refractivity contribution is 4.67. The lowest BCUT2D eigenvalue weighted by atomic mass is 10.4. The normalized spacial score (nSPS) is 13.5. The highest BCUT2D eigenvalue weighted by Crippen LogP contribution is 2.27. The van der Waals surface area contributed by atoms with Gasteiger partial charge in [-0.3, -0.25) is 0 Å². The molecule has 0 aromatic carbocycles. The zero-order valence-electron chi connectivity index (χ0n) is 4.82. The lowest BCUT2D eigenvalue weighted by Gasteiger charge is -2.09. The molecule has 0 spiro atoms. The summed E-state index contributed by atoms with van der Waals surface area (Å²) >= 11 is 0. The summed E-state index contributed by atoms with van der Waals surface area (Å²) in [6.07, 6.45) is -13.4. The number of nitrogens with zero attached hydrogens (tertiary/aromatic N) is 2. The van der Waals surface area contributed by atoms with Gasteiger partial charge in [0.2, 0.25) is 0 Å². The summed E-state index contributed by atoms with van der Waals surface area (Å²) < 4.78 is 65.4. The first kappa shape index (κ1) is 12.7. The van der Waals surface area contributed by atoms with Gasteiger partial charge in [-0.05, 0) is 0 Å². The van der Waals surface area contributed by atoms with Crippen molar-refractivity contribution in [3.8, 4) is 0 Å². The molecule has 0 aromatic heterocycles. The minimum absolute atomic E-state index is 3.98. The number of rotatable bonds is 1. The van der Waals surface area contributed by atoms with Crippen molar-refractivity contribution < 1.29 is 26.3 Å². The van der Waals surface area contributed by atoms with Crippen LogP contribution in [0.15, 0.2) is 0 Å². The van der Waals surface area contributed by atoms with Crippen molar-refractivity contribution in [3.05, 3.63) is 0 Å². The summed E-state index contributed by atoms with van der Waals surface area (Å²) in [6, 6.07) is 0. The molecule has 8 heteroatoms. The van der Waals surface area contributed by atoms with Crippen LogP contribution in [0.4, 0.5) is 26.3 Å². The second-order valence-electron chi connectivity index (χ2n) is 1.28. The summed E-state index contributed by atoms with van der Waals surface area (Å²) in [6.45, 7) is 0. The van der Waals surface area contributed by atoms with Gasteiger partial charge in [-0.15, -0.1) is 0 Å². The molecule has 0 saturated carbocycles. The Morgan fingerprint density at radius 2 is 1.18 bits per heavy atom. The molecule has 0 saturated heterocycles. The van der Waals surface area contributed by atoms with E-state index in [1.807, 2.05) is 0 Å². The molecule has 0 fully saturated rings. The first-order chi connectivity index (χ1) is 4.85. The quantitative estimate of drug-likeness (QED) is 0.458. The Morgan fingerprint density at radius 3 is 1.18 bits per heavy atom. The highest BCUT2D eigenvalue weighted by atomic mass is 19.4. The fourth-order valence-electron chi connectivity index (χ4n) is 0.143. The van der Waals surface area contributed by atoms with Crippen LogP contribution in [-0.4, -0.2) is 18.8 Å². The van der Waals surface area contributed by atoms with Gasteiger partial charge in [0, 0.05) is 10.8 Å². The van der Waals surface area contributed by atoms with Crippen molar-refractivity contribution in [1.82, 2.24) is 0 Å². The Bertz CT molecular complexity index is 117. The average molecular weight is 180 g/mol. The zero-order valence-corrected chi connectivity index (χ0v) is 4.82. The Morgan fingerprint density at radius 1 is 0.909 bits per heavy atom. The van der Waals surface area contributed by atoms with E-state index in [1.165, 1.54) is 0 Å². The molecule has 0 N–H and O–H groups in total. The zero-order chi connectivity index (χ0) is 9.65. The van der Waals surface area contributed by atoms with Crippen molar-refractivity contribution >= 4 is 0 Å². The maximum atomic E-state index is 11.2. The molecular formula is C3H2F6N2. The third-order valence-electron chi connectivity index (χ3n) is 0.534. The highest BCUT2D eigenvalue weighted by Gasteiger charge is 2.46. The lowest BCUT2D eigenvalue weighted by molar-refractivity contribution is -0.211. The van der Waals surface area contributed by atoms with E-state index < -0.39 is 18.8 Å². The van der Waals surface area contributed by atoms with Crippen LogP contribution >= 0.6 is 0 Å². The van der Waals surface area contributed by atoms with Crippen LogP contribution in [0.5, 0.6) is 0 Å². The van der Waals surface area contributed by atoms with Gasteiger partial charge in [-0.1, -0.05) is 0 Å². The van der Waals surface area contributed by atoms with E-state index in [0.29, 0.717) is 0 Å². The van der Waals surface area contributed by atoms with E-state index in [0.717, 1.165) is 0 Å². The molecule has 0 rings (SSSR count). The van der Waals surface area contributed by atoms with Crippen LogP contribution in [0.1, 0.15) is 0 Å². The molecule has 0 bridgehead atoms. The molecule has 1 unspecified atom stereocenters. The summed E-state index contributed by atoms with van der Waals surface area (Å²) in [4.78, 5) is 0. The van der Waals surface area contributed by atoms with Crippen molar-refractivity contribution in [1.29, 1.82) is 10.8 Å².